The number of aromatic nitrogens is 2. The van der Waals surface area contributed by atoms with Crippen molar-refractivity contribution in [2.75, 3.05) is 13.2 Å². The van der Waals surface area contributed by atoms with Crippen LogP contribution in [0.2, 0.25) is 0 Å². The third kappa shape index (κ3) is 3.81. The van der Waals surface area contributed by atoms with Crippen molar-refractivity contribution in [3.8, 4) is 0 Å². The third-order valence-corrected chi connectivity index (χ3v) is 5.49. The van der Waals surface area contributed by atoms with Crippen LogP contribution in [0.1, 0.15) is 40.6 Å². The lowest BCUT2D eigenvalue weighted by Gasteiger charge is -2.27. The molecule has 9 heteroatoms. The number of para-hydroxylation sites is 1. The molecule has 0 radical (unpaired) electrons. The molecule has 2 heterocycles. The first-order valence-electron chi connectivity index (χ1n) is 9.90. The topological polar surface area (TPSA) is 75.4 Å². The molecule has 2 aromatic carbocycles. The van der Waals surface area contributed by atoms with E-state index >= 15 is 0 Å². The molecule has 6 nitrogen and oxygen atoms in total. The zero-order chi connectivity index (χ0) is 22.2. The molecule has 0 aliphatic carbocycles. The van der Waals surface area contributed by atoms with Crippen molar-refractivity contribution in [1.29, 1.82) is 0 Å². The number of amides is 1. The van der Waals surface area contributed by atoms with E-state index in [0.29, 0.717) is 23.7 Å². The summed E-state index contributed by atoms with van der Waals surface area (Å²) in [5.74, 6) is -0.485. The Kier molecular flexibility index (Phi) is 5.53. The van der Waals surface area contributed by atoms with Gasteiger partial charge in [-0.1, -0.05) is 24.3 Å². The molecule has 0 spiro atoms. The quantitative estimate of drug-likeness (QED) is 0.687. The van der Waals surface area contributed by atoms with E-state index in [1.54, 1.807) is 24.3 Å². The van der Waals surface area contributed by atoms with Crippen LogP contribution in [0.25, 0.3) is 10.9 Å². The number of carbonyl (C=O) groups excluding carboxylic acids is 1. The molecule has 31 heavy (non-hydrogen) atoms. The number of benzene rings is 2. The van der Waals surface area contributed by atoms with E-state index in [-0.39, 0.29) is 31.1 Å². The summed E-state index contributed by atoms with van der Waals surface area (Å²) in [4.78, 5) is 32.1. The van der Waals surface area contributed by atoms with E-state index in [4.69, 9.17) is 0 Å². The summed E-state index contributed by atoms with van der Waals surface area (Å²) in [6.07, 6.45) is -3.65. The maximum absolute atomic E-state index is 13.5. The van der Waals surface area contributed by atoms with Gasteiger partial charge >= 0.3 is 6.18 Å². The average Bonchev–Trinajstić information content (AvgIpc) is 3.24. The predicted molar refractivity (Wildman–Crippen MR) is 108 cm³/mol. The Balaban J connectivity index is 1.81. The second kappa shape index (κ2) is 8.14. The van der Waals surface area contributed by atoms with Crippen LogP contribution in [0.3, 0.4) is 0 Å². The van der Waals surface area contributed by atoms with Gasteiger partial charge in [-0.25, -0.2) is 4.98 Å². The number of carbonyl (C=O) groups is 1. The highest BCUT2D eigenvalue weighted by Crippen LogP contribution is 2.36. The first-order chi connectivity index (χ1) is 14.8. The van der Waals surface area contributed by atoms with Crippen LogP contribution in [0.5, 0.6) is 0 Å². The Morgan fingerprint density at radius 2 is 1.84 bits per heavy atom. The smallest absolute Gasteiger partial charge is 0.395 e. The lowest BCUT2D eigenvalue weighted by atomic mass is 10.0. The number of nitrogens with zero attached hydrogens (tertiary/aromatic N) is 3. The summed E-state index contributed by atoms with van der Waals surface area (Å²) in [5.41, 5.74) is -1.35. The number of rotatable bonds is 4. The van der Waals surface area contributed by atoms with Crippen molar-refractivity contribution in [3.05, 3.63) is 75.8 Å². The lowest BCUT2D eigenvalue weighted by molar-refractivity contribution is -0.138. The first kappa shape index (κ1) is 21.0. The predicted octanol–water partition coefficient (Wildman–Crippen LogP) is 3.38. The standard InChI is InChI=1S/C22H20F3N3O3/c23-22(24,25)16-8-3-1-6-14(16)20(30)27-11-5-10-18(27)19-26-17-9-4-2-7-15(17)21(31)28(19)12-13-29/h1-4,6-9,18,29H,5,10-13H2. The van der Waals surface area contributed by atoms with Crippen molar-refractivity contribution in [3.63, 3.8) is 0 Å². The zero-order valence-corrected chi connectivity index (χ0v) is 16.5. The number of halogens is 3. The number of alkyl halides is 3. The van der Waals surface area contributed by atoms with E-state index < -0.39 is 29.3 Å². The molecule has 1 aliphatic heterocycles. The number of aliphatic hydroxyl groups excluding tert-OH is 1. The van der Waals surface area contributed by atoms with Crippen LogP contribution in [0.4, 0.5) is 13.2 Å². The number of hydrogen-bond donors (Lipinski definition) is 1. The second-order valence-electron chi connectivity index (χ2n) is 7.37. The summed E-state index contributed by atoms with van der Waals surface area (Å²) in [6.45, 7) is -0.0916. The van der Waals surface area contributed by atoms with Gasteiger partial charge in [0.2, 0.25) is 0 Å². The van der Waals surface area contributed by atoms with Crippen LogP contribution in [-0.4, -0.2) is 38.6 Å². The third-order valence-electron chi connectivity index (χ3n) is 5.49. The Hall–Kier alpha value is -3.20. The van der Waals surface area contributed by atoms with Crippen LogP contribution >= 0.6 is 0 Å². The molecule has 1 aliphatic rings. The Morgan fingerprint density at radius 1 is 1.13 bits per heavy atom. The maximum Gasteiger partial charge on any atom is 0.417 e. The van der Waals surface area contributed by atoms with Gasteiger partial charge in [0.1, 0.15) is 5.82 Å². The van der Waals surface area contributed by atoms with Crippen LogP contribution < -0.4 is 5.56 Å². The molecule has 0 bridgehead atoms. The van der Waals surface area contributed by atoms with Crippen molar-refractivity contribution >= 4 is 16.8 Å². The van der Waals surface area contributed by atoms with Gasteiger partial charge < -0.3 is 10.0 Å². The molecule has 1 aromatic heterocycles. The average molecular weight is 431 g/mol. The van der Waals surface area contributed by atoms with E-state index in [1.165, 1.54) is 21.6 Å². The Labute approximate surface area is 175 Å². The minimum absolute atomic E-state index is 0.0241. The number of hydrogen-bond acceptors (Lipinski definition) is 4. The highest BCUT2D eigenvalue weighted by atomic mass is 19.4. The van der Waals surface area contributed by atoms with Gasteiger partial charge in [-0.15, -0.1) is 0 Å². The molecular weight excluding hydrogens is 411 g/mol. The van der Waals surface area contributed by atoms with E-state index in [1.807, 2.05) is 0 Å². The minimum Gasteiger partial charge on any atom is -0.395 e. The monoisotopic (exact) mass is 431 g/mol. The molecule has 162 valence electrons. The molecule has 1 atom stereocenters. The molecule has 4 rings (SSSR count). The molecule has 1 N–H and O–H groups in total. The zero-order valence-electron chi connectivity index (χ0n) is 16.5. The minimum atomic E-state index is -4.67. The fourth-order valence-corrected chi connectivity index (χ4v) is 4.11. The summed E-state index contributed by atoms with van der Waals surface area (Å²) < 4.78 is 41.7. The number of likely N-dealkylation sites (tertiary alicyclic amines) is 1. The Morgan fingerprint density at radius 3 is 2.58 bits per heavy atom. The van der Waals surface area contributed by atoms with Gasteiger partial charge in [0, 0.05) is 6.54 Å². The molecule has 3 aromatic rings. The molecule has 1 unspecified atom stereocenters. The van der Waals surface area contributed by atoms with Crippen LogP contribution in [-0.2, 0) is 12.7 Å². The molecule has 1 amide bonds. The summed E-state index contributed by atoms with van der Waals surface area (Å²) in [6, 6.07) is 10.7. The normalized spacial score (nSPS) is 16.8. The highest BCUT2D eigenvalue weighted by Gasteiger charge is 2.39. The van der Waals surface area contributed by atoms with Gasteiger partial charge in [-0.05, 0) is 37.1 Å². The lowest BCUT2D eigenvalue weighted by Crippen LogP contribution is -2.36. The molecule has 1 saturated heterocycles. The summed E-state index contributed by atoms with van der Waals surface area (Å²) >= 11 is 0. The van der Waals surface area contributed by atoms with E-state index in [2.05, 4.69) is 4.98 Å². The Bertz CT molecular complexity index is 1190. The largest absolute Gasteiger partial charge is 0.417 e. The van der Waals surface area contributed by atoms with Gasteiger partial charge in [0.25, 0.3) is 11.5 Å². The molecule has 1 fully saturated rings. The fraction of sp³-hybridized carbons (Fsp3) is 0.318. The van der Waals surface area contributed by atoms with Gasteiger partial charge in [0.15, 0.2) is 0 Å². The summed E-state index contributed by atoms with van der Waals surface area (Å²) in [7, 11) is 0. The number of fused-ring (bicyclic) bond motifs is 1. The van der Waals surface area contributed by atoms with Gasteiger partial charge in [0.05, 0.1) is 41.2 Å². The van der Waals surface area contributed by atoms with Crippen molar-refractivity contribution in [2.45, 2.75) is 31.6 Å². The van der Waals surface area contributed by atoms with Crippen LogP contribution in [0, 0.1) is 0 Å². The fourth-order valence-electron chi connectivity index (χ4n) is 4.11. The number of aliphatic hydroxyl groups is 1. The summed E-state index contributed by atoms with van der Waals surface area (Å²) in [5, 5.41) is 9.84. The molecular formula is C22H20F3N3O3. The van der Waals surface area contributed by atoms with E-state index in [0.717, 1.165) is 12.1 Å². The SMILES string of the molecule is O=C(c1ccccc1C(F)(F)F)N1CCCC1c1nc2ccccc2c(=O)n1CCO. The second-order valence-corrected chi connectivity index (χ2v) is 7.37. The highest BCUT2D eigenvalue weighted by molar-refractivity contribution is 5.96. The van der Waals surface area contributed by atoms with Crippen molar-refractivity contribution in [1.82, 2.24) is 14.5 Å². The maximum atomic E-state index is 13.5. The van der Waals surface area contributed by atoms with Crippen molar-refractivity contribution in [2.24, 2.45) is 0 Å². The molecule has 0 saturated carbocycles. The van der Waals surface area contributed by atoms with Crippen LogP contribution in [0.15, 0.2) is 53.3 Å². The first-order valence-corrected chi connectivity index (χ1v) is 9.90. The van der Waals surface area contributed by atoms with Gasteiger partial charge in [-0.3, -0.25) is 14.2 Å². The van der Waals surface area contributed by atoms with E-state index in [9.17, 15) is 27.9 Å². The van der Waals surface area contributed by atoms with Gasteiger partial charge in [-0.2, -0.15) is 13.2 Å². The van der Waals surface area contributed by atoms with Crippen molar-refractivity contribution < 1.29 is 23.1 Å².